The highest BCUT2D eigenvalue weighted by atomic mass is 35.5. The van der Waals surface area contributed by atoms with Crippen molar-refractivity contribution < 1.29 is 5.11 Å². The van der Waals surface area contributed by atoms with Crippen molar-refractivity contribution >= 4 is 11.6 Å². The van der Waals surface area contributed by atoms with Gasteiger partial charge in [-0.3, -0.25) is 0 Å². The summed E-state index contributed by atoms with van der Waals surface area (Å²) in [6.45, 7) is 0. The van der Waals surface area contributed by atoms with Crippen LogP contribution in [0.2, 0.25) is 0 Å². The van der Waals surface area contributed by atoms with Crippen molar-refractivity contribution in [3.8, 4) is 0 Å². The second-order valence-corrected chi connectivity index (χ2v) is 2.71. The molecule has 0 aliphatic carbocycles. The smallest absolute Gasteiger partial charge is 0.173 e. The van der Waals surface area contributed by atoms with E-state index in [0.29, 0.717) is 5.70 Å². The summed E-state index contributed by atoms with van der Waals surface area (Å²) in [5, 5.41) is 8.92. The van der Waals surface area contributed by atoms with E-state index in [1.54, 1.807) is 18.1 Å². The van der Waals surface area contributed by atoms with E-state index in [0.717, 1.165) is 0 Å². The molecule has 0 bridgehead atoms. The van der Waals surface area contributed by atoms with Gasteiger partial charge in [-0.05, 0) is 0 Å². The summed E-state index contributed by atoms with van der Waals surface area (Å²) >= 11 is 5.72. The van der Waals surface area contributed by atoms with Crippen molar-refractivity contribution in [2.24, 2.45) is 5.73 Å². The van der Waals surface area contributed by atoms with E-state index in [9.17, 15) is 0 Å². The van der Waals surface area contributed by atoms with Gasteiger partial charge in [0.1, 0.15) is 6.23 Å². The maximum Gasteiger partial charge on any atom is 0.173 e. The average molecular weight is 179 g/mol. The lowest BCUT2D eigenvalue weighted by molar-refractivity contribution is 0.185. The lowest BCUT2D eigenvalue weighted by Crippen LogP contribution is -2.52. The van der Waals surface area contributed by atoms with Crippen molar-refractivity contribution in [1.82, 2.24) is 15.8 Å². The first-order valence-electron chi connectivity index (χ1n) is 3.14. The predicted molar refractivity (Wildman–Crippen MR) is 42.0 cm³/mol. The van der Waals surface area contributed by atoms with E-state index in [-0.39, 0.29) is 5.62 Å². The van der Waals surface area contributed by atoms with Gasteiger partial charge in [0.2, 0.25) is 0 Å². The minimum atomic E-state index is -1.01. The number of halogens is 1. The molecule has 0 saturated heterocycles. The first kappa shape index (κ1) is 8.61. The minimum Gasteiger partial charge on any atom is -0.373 e. The van der Waals surface area contributed by atoms with E-state index in [4.69, 9.17) is 22.4 Å². The molecule has 1 aliphatic heterocycles. The molecule has 0 saturated carbocycles. The highest BCUT2D eigenvalue weighted by Gasteiger charge is 2.16. The number of nitrogens with two attached hydrogens (primary N) is 1. The Balaban J connectivity index is 2.63. The number of nitrogens with zero attached hydrogens (tertiary/aromatic N) is 1. The van der Waals surface area contributed by atoms with Crippen LogP contribution in [0.25, 0.3) is 0 Å². The molecule has 2 atom stereocenters. The monoisotopic (exact) mass is 178 g/mol. The first-order valence-corrected chi connectivity index (χ1v) is 3.58. The van der Waals surface area contributed by atoms with Crippen LogP contribution < -0.4 is 16.6 Å². The Morgan fingerprint density at radius 1 is 1.91 bits per heavy atom. The van der Waals surface area contributed by atoms with Gasteiger partial charge in [0, 0.05) is 13.2 Å². The quantitative estimate of drug-likeness (QED) is 0.228. The van der Waals surface area contributed by atoms with Gasteiger partial charge in [0.05, 0.1) is 5.70 Å². The zero-order valence-electron chi connectivity index (χ0n) is 6.08. The summed E-state index contributed by atoms with van der Waals surface area (Å²) in [7, 11) is 1.77. The van der Waals surface area contributed by atoms with E-state index in [2.05, 4.69) is 10.9 Å². The maximum atomic E-state index is 8.92. The van der Waals surface area contributed by atoms with Crippen LogP contribution in [-0.2, 0) is 0 Å². The van der Waals surface area contributed by atoms with Gasteiger partial charge >= 0.3 is 0 Å². The van der Waals surface area contributed by atoms with Crippen molar-refractivity contribution in [3.05, 3.63) is 11.9 Å². The van der Waals surface area contributed by atoms with E-state index < -0.39 is 6.23 Å². The molecule has 2 unspecified atom stereocenters. The molecule has 5 N–H and O–H groups in total. The largest absolute Gasteiger partial charge is 0.373 e. The second kappa shape index (κ2) is 3.27. The molecular weight excluding hydrogens is 168 g/mol. The summed E-state index contributed by atoms with van der Waals surface area (Å²) in [5.74, 6) is 0. The molecule has 0 amide bonds. The van der Waals surface area contributed by atoms with Gasteiger partial charge < -0.3 is 21.2 Å². The van der Waals surface area contributed by atoms with Gasteiger partial charge in [0.25, 0.3) is 0 Å². The van der Waals surface area contributed by atoms with Gasteiger partial charge in [-0.1, -0.05) is 11.6 Å². The highest BCUT2D eigenvalue weighted by molar-refractivity contribution is 6.20. The third-order valence-corrected chi connectivity index (χ3v) is 1.77. The molecule has 1 rings (SSSR count). The zero-order chi connectivity index (χ0) is 8.43. The van der Waals surface area contributed by atoms with Crippen LogP contribution in [0.4, 0.5) is 0 Å². The Bertz CT molecular complexity index is 172. The van der Waals surface area contributed by atoms with Gasteiger partial charge in [-0.25, -0.2) is 5.43 Å². The molecule has 5 nitrogen and oxygen atoms in total. The molecular formula is C5H11ClN4O. The molecule has 0 aromatic rings. The third kappa shape index (κ3) is 1.97. The van der Waals surface area contributed by atoms with Gasteiger partial charge in [0.15, 0.2) is 5.62 Å². The van der Waals surface area contributed by atoms with E-state index in [1.807, 2.05) is 0 Å². The minimum absolute atomic E-state index is 0.322. The van der Waals surface area contributed by atoms with Gasteiger partial charge in [-0.15, -0.1) is 0 Å². The molecule has 64 valence electrons. The number of rotatable bonds is 1. The topological polar surface area (TPSA) is 73.5 Å². The Morgan fingerprint density at radius 2 is 2.55 bits per heavy atom. The number of hydrazine groups is 1. The number of nitrogens with one attached hydrogen (secondary N) is 2. The normalized spacial score (nSPS) is 27.5. The fraction of sp³-hybridized carbons (Fsp3) is 0.600. The summed E-state index contributed by atoms with van der Waals surface area (Å²) in [4.78, 5) is 1.68. The Hall–Kier alpha value is -0.490. The van der Waals surface area contributed by atoms with E-state index in [1.165, 1.54) is 0 Å². The van der Waals surface area contributed by atoms with E-state index >= 15 is 0 Å². The number of hydrogen-bond acceptors (Lipinski definition) is 5. The molecule has 0 radical (unpaired) electrons. The van der Waals surface area contributed by atoms with Crippen LogP contribution >= 0.6 is 11.6 Å². The number of hydrogen-bond donors (Lipinski definition) is 4. The molecule has 11 heavy (non-hydrogen) atoms. The zero-order valence-corrected chi connectivity index (χ0v) is 6.84. The van der Waals surface area contributed by atoms with Crippen LogP contribution in [0.5, 0.6) is 0 Å². The molecule has 0 aromatic carbocycles. The SMILES string of the molecule is CN1C=C(C(N)O)NNC1Cl. The van der Waals surface area contributed by atoms with Crippen LogP contribution in [0, 0.1) is 0 Å². The molecule has 1 aliphatic rings. The predicted octanol–water partition coefficient (Wildman–Crippen LogP) is -1.33. The second-order valence-electron chi connectivity index (χ2n) is 2.30. The van der Waals surface area contributed by atoms with Crippen LogP contribution in [-0.4, -0.2) is 28.9 Å². The number of aliphatic hydroxyl groups is 1. The summed E-state index contributed by atoms with van der Waals surface area (Å²) < 4.78 is 0. The van der Waals surface area contributed by atoms with Crippen molar-refractivity contribution in [1.29, 1.82) is 0 Å². The Kier molecular flexibility index (Phi) is 2.56. The van der Waals surface area contributed by atoms with Crippen molar-refractivity contribution in [3.63, 3.8) is 0 Å². The van der Waals surface area contributed by atoms with Crippen molar-refractivity contribution in [2.45, 2.75) is 11.9 Å². The Morgan fingerprint density at radius 3 is 3.00 bits per heavy atom. The van der Waals surface area contributed by atoms with Crippen molar-refractivity contribution in [2.75, 3.05) is 7.05 Å². The third-order valence-electron chi connectivity index (χ3n) is 1.35. The standard InChI is InChI=1S/C5H11ClN4O/c1-10-2-3(4(7)11)8-9-5(10)6/h2,4-5,8-9,11H,7H2,1H3. The molecule has 0 fully saturated rings. The molecule has 0 aromatic heterocycles. The lowest BCUT2D eigenvalue weighted by atomic mass is 10.4. The Labute approximate surface area is 69.8 Å². The summed E-state index contributed by atoms with van der Waals surface area (Å²) in [6, 6.07) is 0. The van der Waals surface area contributed by atoms with Crippen LogP contribution in [0.15, 0.2) is 11.9 Å². The molecule has 0 spiro atoms. The fourth-order valence-electron chi connectivity index (χ4n) is 0.712. The van der Waals surface area contributed by atoms with Crippen LogP contribution in [0.1, 0.15) is 0 Å². The first-order chi connectivity index (χ1) is 5.11. The molecule has 1 heterocycles. The van der Waals surface area contributed by atoms with Crippen LogP contribution in [0.3, 0.4) is 0 Å². The molecule has 6 heteroatoms. The average Bonchev–Trinajstić information content (AvgIpc) is 1.94. The number of aliphatic hydroxyl groups excluding tert-OH is 1. The lowest BCUT2D eigenvalue weighted by Gasteiger charge is -2.30. The number of alkyl halides is 1. The van der Waals surface area contributed by atoms with Gasteiger partial charge in [-0.2, -0.15) is 0 Å². The fourth-order valence-corrected chi connectivity index (χ4v) is 0.823. The maximum absolute atomic E-state index is 8.92. The summed E-state index contributed by atoms with van der Waals surface area (Å²) in [6.07, 6.45) is 0.632. The summed E-state index contributed by atoms with van der Waals surface area (Å²) in [5.41, 5.74) is 10.7. The highest BCUT2D eigenvalue weighted by Crippen LogP contribution is 2.06.